The number of urea groups is 1. The molecule has 0 aromatic carbocycles. The Kier molecular flexibility index (Phi) is 3.75. The number of hydrogen-bond donors (Lipinski definition) is 3. The van der Waals surface area contributed by atoms with Crippen molar-refractivity contribution in [2.45, 2.75) is 37.9 Å². The van der Waals surface area contributed by atoms with Gasteiger partial charge in [0.25, 0.3) is 5.91 Å². The largest absolute Gasteiger partial charge is 0.351 e. The van der Waals surface area contributed by atoms with Crippen molar-refractivity contribution in [3.8, 4) is 0 Å². The van der Waals surface area contributed by atoms with Crippen LogP contribution in [0, 0.1) is 0 Å². The third-order valence-electron chi connectivity index (χ3n) is 4.13. The van der Waals surface area contributed by atoms with Crippen molar-refractivity contribution in [3.63, 3.8) is 0 Å². The first-order valence-corrected chi connectivity index (χ1v) is 7.15. The number of nitrogens with zero attached hydrogens (tertiary/aromatic N) is 2. The average Bonchev–Trinajstić information content (AvgIpc) is 2.98. The van der Waals surface area contributed by atoms with Gasteiger partial charge in [-0.1, -0.05) is 6.08 Å². The highest BCUT2D eigenvalue weighted by atomic mass is 16.7. The first kappa shape index (κ1) is 14.8. The van der Waals surface area contributed by atoms with Crippen LogP contribution in [-0.2, 0) is 14.4 Å². The minimum atomic E-state index is -0.793. The Labute approximate surface area is 126 Å². The third-order valence-corrected chi connectivity index (χ3v) is 4.13. The van der Waals surface area contributed by atoms with Crippen LogP contribution in [0.4, 0.5) is 4.79 Å². The van der Waals surface area contributed by atoms with Gasteiger partial charge in [0.15, 0.2) is 0 Å². The lowest BCUT2D eigenvalue weighted by Crippen LogP contribution is -2.50. The molecule has 4 amide bonds. The molecule has 22 heavy (non-hydrogen) atoms. The molecule has 0 unspecified atom stereocenters. The number of fused-ring (bicyclic) bond motifs is 2. The molecule has 0 saturated carbocycles. The van der Waals surface area contributed by atoms with Crippen LogP contribution in [0.3, 0.4) is 0 Å². The summed E-state index contributed by atoms with van der Waals surface area (Å²) in [6, 6.07) is -1.91. The zero-order valence-corrected chi connectivity index (χ0v) is 12.1. The second kappa shape index (κ2) is 5.58. The summed E-state index contributed by atoms with van der Waals surface area (Å²) in [5, 5.41) is 13.0. The molecule has 0 aromatic rings. The molecule has 9 heteroatoms. The molecule has 0 radical (unpaired) electrons. The normalized spacial score (nSPS) is 30.5. The molecule has 3 aliphatic rings. The predicted molar refractivity (Wildman–Crippen MR) is 72.3 cm³/mol. The van der Waals surface area contributed by atoms with Crippen LogP contribution < -0.4 is 10.8 Å². The maximum atomic E-state index is 12.2. The zero-order chi connectivity index (χ0) is 15.9. The van der Waals surface area contributed by atoms with Crippen molar-refractivity contribution in [2.75, 3.05) is 13.2 Å². The van der Waals surface area contributed by atoms with Gasteiger partial charge >= 0.3 is 6.03 Å². The van der Waals surface area contributed by atoms with Gasteiger partial charge in [-0.2, -0.15) is 5.06 Å². The van der Waals surface area contributed by atoms with E-state index >= 15 is 0 Å². The van der Waals surface area contributed by atoms with E-state index in [1.54, 1.807) is 13.0 Å². The van der Waals surface area contributed by atoms with E-state index in [1.165, 1.54) is 4.90 Å². The molecule has 2 saturated heterocycles. The molecule has 2 fully saturated rings. The topological polar surface area (TPSA) is 111 Å². The second-order valence-electron chi connectivity index (χ2n) is 5.74. The fourth-order valence-corrected chi connectivity index (χ4v) is 3.03. The lowest BCUT2D eigenvalue weighted by atomic mass is 10.0. The van der Waals surface area contributed by atoms with Gasteiger partial charge in [-0.25, -0.2) is 10.3 Å². The molecule has 3 heterocycles. The van der Waals surface area contributed by atoms with Gasteiger partial charge in [0, 0.05) is 6.42 Å². The molecule has 3 aliphatic heterocycles. The van der Waals surface area contributed by atoms with Gasteiger partial charge in [0.1, 0.15) is 6.04 Å². The van der Waals surface area contributed by atoms with Crippen molar-refractivity contribution in [1.29, 1.82) is 0 Å². The van der Waals surface area contributed by atoms with Crippen molar-refractivity contribution in [3.05, 3.63) is 11.6 Å². The van der Waals surface area contributed by atoms with E-state index in [9.17, 15) is 19.6 Å². The monoisotopic (exact) mass is 310 g/mol. The van der Waals surface area contributed by atoms with Crippen LogP contribution in [-0.4, -0.2) is 64.3 Å². The summed E-state index contributed by atoms with van der Waals surface area (Å²) in [5.41, 5.74) is 2.99. The molecule has 9 nitrogen and oxygen atoms in total. The number of nitrogens with one attached hydrogen (secondary N) is 2. The van der Waals surface area contributed by atoms with Crippen molar-refractivity contribution in [2.24, 2.45) is 0 Å². The first-order chi connectivity index (χ1) is 10.5. The number of rotatable bonds is 4. The lowest BCUT2D eigenvalue weighted by Gasteiger charge is -2.28. The van der Waals surface area contributed by atoms with Crippen molar-refractivity contribution >= 4 is 17.8 Å². The number of hydroxylamine groups is 3. The zero-order valence-electron chi connectivity index (χ0n) is 12.1. The van der Waals surface area contributed by atoms with Crippen LogP contribution in [0.2, 0.25) is 0 Å². The maximum absolute atomic E-state index is 12.2. The summed E-state index contributed by atoms with van der Waals surface area (Å²) in [6.07, 6.45) is 2.83. The molecule has 3 rings (SSSR count). The lowest BCUT2D eigenvalue weighted by molar-refractivity contribution is -0.137. The summed E-state index contributed by atoms with van der Waals surface area (Å²) in [4.78, 5) is 41.6. The predicted octanol–water partition coefficient (Wildman–Crippen LogP) is -0.863. The van der Waals surface area contributed by atoms with E-state index in [0.717, 1.165) is 0 Å². The Morgan fingerprint density at radius 1 is 1.55 bits per heavy atom. The van der Waals surface area contributed by atoms with Crippen LogP contribution in [0.5, 0.6) is 0 Å². The minimum absolute atomic E-state index is 0.0253. The molecule has 3 atom stereocenters. The van der Waals surface area contributed by atoms with E-state index in [0.29, 0.717) is 23.5 Å². The van der Waals surface area contributed by atoms with E-state index in [1.807, 2.05) is 0 Å². The number of carbonyl (C=O) groups is 3. The Balaban J connectivity index is 1.56. The molecular weight excluding hydrogens is 292 g/mol. The summed E-state index contributed by atoms with van der Waals surface area (Å²) < 4.78 is 0. The van der Waals surface area contributed by atoms with E-state index in [2.05, 4.69) is 10.8 Å². The van der Waals surface area contributed by atoms with Crippen LogP contribution in [0.15, 0.2) is 11.6 Å². The number of carbonyl (C=O) groups excluding carboxylic acids is 3. The Morgan fingerprint density at radius 2 is 2.32 bits per heavy atom. The maximum Gasteiger partial charge on any atom is 0.345 e. The summed E-state index contributed by atoms with van der Waals surface area (Å²) in [5.74, 6) is -0.497. The van der Waals surface area contributed by atoms with Gasteiger partial charge in [0.2, 0.25) is 5.91 Å². The first-order valence-electron chi connectivity index (χ1n) is 7.15. The van der Waals surface area contributed by atoms with Crippen LogP contribution >= 0.6 is 0 Å². The molecule has 0 aliphatic carbocycles. The minimum Gasteiger partial charge on any atom is -0.351 e. The van der Waals surface area contributed by atoms with Gasteiger partial charge in [-0.15, -0.1) is 0 Å². The standard InChI is InChI=1S/C13H18N4O5/c1-7-4-9-5-16(13(20)17(9)21)11(7)12(19)15-22-6-8-2-3-10(18)14-8/h4,8-9,11,21H,2-3,5-6H2,1H3,(H,14,18)(H,15,19)/t8-,9-,11-/m0/s1. The Bertz CT molecular complexity index is 549. The second-order valence-corrected chi connectivity index (χ2v) is 5.74. The van der Waals surface area contributed by atoms with Gasteiger partial charge < -0.3 is 10.2 Å². The number of hydrogen-bond acceptors (Lipinski definition) is 5. The van der Waals surface area contributed by atoms with Crippen LogP contribution in [0.1, 0.15) is 19.8 Å². The van der Waals surface area contributed by atoms with E-state index < -0.39 is 24.0 Å². The van der Waals surface area contributed by atoms with Gasteiger partial charge in [-0.05, 0) is 18.9 Å². The molecule has 3 N–H and O–H groups in total. The van der Waals surface area contributed by atoms with E-state index in [4.69, 9.17) is 4.84 Å². The highest BCUT2D eigenvalue weighted by Gasteiger charge is 2.46. The van der Waals surface area contributed by atoms with Crippen LogP contribution in [0.25, 0.3) is 0 Å². The summed E-state index contributed by atoms with van der Waals surface area (Å²) in [6.45, 7) is 2.17. The molecular formula is C13H18N4O5. The quantitative estimate of drug-likeness (QED) is 0.355. The fourth-order valence-electron chi connectivity index (χ4n) is 3.03. The number of amides is 4. The Hall–Kier alpha value is -2.13. The molecule has 0 aromatic heterocycles. The van der Waals surface area contributed by atoms with E-state index in [-0.39, 0.29) is 25.1 Å². The highest BCUT2D eigenvalue weighted by Crippen LogP contribution is 2.27. The van der Waals surface area contributed by atoms with Crippen molar-refractivity contribution < 1.29 is 24.4 Å². The summed E-state index contributed by atoms with van der Waals surface area (Å²) >= 11 is 0. The molecule has 0 spiro atoms. The smallest absolute Gasteiger partial charge is 0.345 e. The van der Waals surface area contributed by atoms with Gasteiger partial charge in [0.05, 0.1) is 25.2 Å². The molecule has 2 bridgehead atoms. The SMILES string of the molecule is CC1=C[C@H]2CN(C(=O)N2O)[C@@H]1C(=O)NOC[C@@H]1CCC(=O)N1. The third kappa shape index (κ3) is 2.53. The fraction of sp³-hybridized carbons (Fsp3) is 0.615. The summed E-state index contributed by atoms with van der Waals surface area (Å²) in [7, 11) is 0. The highest BCUT2D eigenvalue weighted by molar-refractivity contribution is 5.91. The Morgan fingerprint density at radius 3 is 3.00 bits per heavy atom. The average molecular weight is 310 g/mol. The molecule has 120 valence electrons. The van der Waals surface area contributed by atoms with Gasteiger partial charge in [-0.3, -0.25) is 19.6 Å². The van der Waals surface area contributed by atoms with Crippen molar-refractivity contribution in [1.82, 2.24) is 20.8 Å².